The summed E-state index contributed by atoms with van der Waals surface area (Å²) in [6, 6.07) is 3.30. The summed E-state index contributed by atoms with van der Waals surface area (Å²) >= 11 is 13.1. The van der Waals surface area contributed by atoms with Gasteiger partial charge < -0.3 is 14.7 Å². The van der Waals surface area contributed by atoms with Gasteiger partial charge >= 0.3 is 5.97 Å². The van der Waals surface area contributed by atoms with Gasteiger partial charge in [0.1, 0.15) is 12.4 Å². The number of carbonyl (C=O) groups excluding carboxylic acids is 2. The van der Waals surface area contributed by atoms with E-state index in [9.17, 15) is 19.5 Å². The van der Waals surface area contributed by atoms with Crippen LogP contribution in [0.1, 0.15) is 71.3 Å². The molecule has 0 radical (unpaired) electrons. The lowest BCUT2D eigenvalue weighted by atomic mass is 9.63. The number of Topliss-reactive ketones (excluding diaryl/α,β-unsaturated/α-hetero) is 2. The Morgan fingerprint density at radius 2 is 1.59 bits per heavy atom. The molecule has 0 fully saturated rings. The van der Waals surface area contributed by atoms with Crippen LogP contribution in [0.4, 0.5) is 0 Å². The molecule has 0 saturated carbocycles. The summed E-state index contributed by atoms with van der Waals surface area (Å²) in [5, 5.41) is 10.2. The molecule has 0 saturated heterocycles. The minimum atomic E-state index is -0.934. The van der Waals surface area contributed by atoms with Crippen LogP contribution in [0.2, 0.25) is 10.0 Å². The highest BCUT2D eigenvalue weighted by molar-refractivity contribution is 6.35. The fourth-order valence-electron chi connectivity index (χ4n) is 5.93. The summed E-state index contributed by atoms with van der Waals surface area (Å²) in [6.45, 7) is 12.2. The van der Waals surface area contributed by atoms with E-state index in [1.807, 2.05) is 32.6 Å². The van der Waals surface area contributed by atoms with Gasteiger partial charge in [0.05, 0.1) is 11.4 Å². The van der Waals surface area contributed by atoms with Gasteiger partial charge in [0, 0.05) is 58.4 Å². The Morgan fingerprint density at radius 1 is 1.05 bits per heavy atom. The molecule has 3 aliphatic rings. The Balaban J connectivity index is 2.05. The molecule has 1 N–H and O–H groups in total. The van der Waals surface area contributed by atoms with Crippen LogP contribution in [0.5, 0.6) is 5.75 Å². The highest BCUT2D eigenvalue weighted by Crippen LogP contribution is 2.56. The first-order chi connectivity index (χ1) is 17.2. The van der Waals surface area contributed by atoms with E-state index in [0.717, 1.165) is 11.4 Å². The van der Waals surface area contributed by atoms with E-state index >= 15 is 0 Å². The van der Waals surface area contributed by atoms with Crippen LogP contribution in [0.25, 0.3) is 0 Å². The van der Waals surface area contributed by atoms with Crippen molar-refractivity contribution in [1.82, 2.24) is 4.90 Å². The number of rotatable bonds is 7. The van der Waals surface area contributed by atoms with Crippen molar-refractivity contribution in [2.24, 2.45) is 10.8 Å². The van der Waals surface area contributed by atoms with Gasteiger partial charge in [0.15, 0.2) is 11.6 Å². The Bertz CT molecular complexity index is 1200. The number of carbonyl (C=O) groups is 3. The third-order valence-electron chi connectivity index (χ3n) is 7.26. The first kappa shape index (κ1) is 27.5. The van der Waals surface area contributed by atoms with E-state index in [4.69, 9.17) is 27.9 Å². The Labute approximate surface area is 227 Å². The quantitative estimate of drug-likeness (QED) is 0.383. The van der Waals surface area contributed by atoms with Gasteiger partial charge in [-0.25, -0.2) is 0 Å². The van der Waals surface area contributed by atoms with Crippen molar-refractivity contribution in [1.29, 1.82) is 0 Å². The molecule has 198 valence electrons. The maximum absolute atomic E-state index is 13.9. The molecule has 1 aromatic carbocycles. The van der Waals surface area contributed by atoms with E-state index in [2.05, 4.69) is 6.58 Å². The second-order valence-corrected chi connectivity index (χ2v) is 12.6. The Hall–Kier alpha value is -2.57. The third kappa shape index (κ3) is 5.37. The maximum atomic E-state index is 13.9. The van der Waals surface area contributed by atoms with Gasteiger partial charge in [-0.3, -0.25) is 14.4 Å². The fraction of sp³-hybridized carbons (Fsp3) is 0.483. The second-order valence-electron chi connectivity index (χ2n) is 11.7. The van der Waals surface area contributed by atoms with Crippen LogP contribution in [-0.2, 0) is 14.4 Å². The average molecular weight is 546 g/mol. The number of ketones is 2. The van der Waals surface area contributed by atoms with Crippen LogP contribution in [-0.4, -0.2) is 40.7 Å². The monoisotopic (exact) mass is 545 g/mol. The summed E-state index contributed by atoms with van der Waals surface area (Å²) in [5.74, 6) is -1.40. The van der Waals surface area contributed by atoms with Crippen LogP contribution in [0.3, 0.4) is 0 Å². The van der Waals surface area contributed by atoms with E-state index in [1.54, 1.807) is 18.2 Å². The molecule has 8 heteroatoms. The summed E-state index contributed by atoms with van der Waals surface area (Å²) in [5.41, 5.74) is 2.52. The molecule has 0 atom stereocenters. The maximum Gasteiger partial charge on any atom is 0.305 e. The average Bonchev–Trinajstić information content (AvgIpc) is 2.74. The van der Waals surface area contributed by atoms with Crippen molar-refractivity contribution < 1.29 is 24.2 Å². The third-order valence-corrected chi connectivity index (χ3v) is 7.76. The minimum absolute atomic E-state index is 0.0634. The van der Waals surface area contributed by atoms with E-state index in [-0.39, 0.29) is 47.0 Å². The number of hydrogen-bond donors (Lipinski definition) is 1. The summed E-state index contributed by atoms with van der Waals surface area (Å²) in [4.78, 5) is 41.3. The van der Waals surface area contributed by atoms with Crippen molar-refractivity contribution in [3.8, 4) is 5.75 Å². The lowest BCUT2D eigenvalue weighted by molar-refractivity contribution is -0.137. The molecule has 2 aliphatic carbocycles. The molecule has 37 heavy (non-hydrogen) atoms. The first-order valence-electron chi connectivity index (χ1n) is 12.5. The van der Waals surface area contributed by atoms with E-state index in [1.165, 1.54) is 0 Å². The fourth-order valence-corrected chi connectivity index (χ4v) is 6.49. The number of halogens is 2. The number of benzene rings is 1. The smallest absolute Gasteiger partial charge is 0.305 e. The van der Waals surface area contributed by atoms with E-state index < -0.39 is 11.9 Å². The number of carboxylic acids is 1. The minimum Gasteiger partial charge on any atom is -0.488 e. The predicted molar refractivity (Wildman–Crippen MR) is 144 cm³/mol. The largest absolute Gasteiger partial charge is 0.488 e. The summed E-state index contributed by atoms with van der Waals surface area (Å²) < 4.78 is 5.98. The molecule has 0 amide bonds. The van der Waals surface area contributed by atoms with Gasteiger partial charge in [-0.2, -0.15) is 0 Å². The topological polar surface area (TPSA) is 83.9 Å². The molecule has 1 aromatic rings. The predicted octanol–water partition coefficient (Wildman–Crippen LogP) is 6.72. The molecule has 6 nitrogen and oxygen atoms in total. The van der Waals surface area contributed by atoms with Gasteiger partial charge in [-0.05, 0) is 35.8 Å². The van der Waals surface area contributed by atoms with E-state index in [0.29, 0.717) is 53.2 Å². The SMILES string of the molecule is C=CCOc1c(Cl)cc(Cl)cc1C1C2=C(CC(C)(C)CC2=O)N(CCC(=O)O)C2=C1C(=O)CC(C)(C)C2. The van der Waals surface area contributed by atoms with Gasteiger partial charge in [0.2, 0.25) is 0 Å². The zero-order valence-electron chi connectivity index (χ0n) is 21.7. The molecule has 0 unspecified atom stereocenters. The van der Waals surface area contributed by atoms with Gasteiger partial charge in [-0.1, -0.05) is 63.6 Å². The zero-order chi connectivity index (χ0) is 27.3. The standard InChI is InChI=1S/C29H33Cl2NO5/c1-6-9-37-27-17(10-16(30)11-18(27)31)24-25-19(12-28(2,3)14-21(25)33)32(8-7-23(35)36)20-13-29(4,5)15-22(34)26(20)24/h6,10-11,24H,1,7-9,12-15H2,2-5H3,(H,35,36). The van der Waals surface area contributed by atoms with Crippen LogP contribution in [0.15, 0.2) is 47.3 Å². The molecule has 1 aliphatic heterocycles. The molecular weight excluding hydrogens is 513 g/mol. The van der Waals surface area contributed by atoms with Gasteiger partial charge in [-0.15, -0.1) is 0 Å². The number of carboxylic acid groups (broad SMARTS) is 1. The Kier molecular flexibility index (Phi) is 7.39. The number of hydrogen-bond acceptors (Lipinski definition) is 5. The lowest BCUT2D eigenvalue weighted by Crippen LogP contribution is -2.45. The zero-order valence-corrected chi connectivity index (χ0v) is 23.3. The molecule has 0 aromatic heterocycles. The molecule has 0 spiro atoms. The van der Waals surface area contributed by atoms with Crippen molar-refractivity contribution in [3.05, 3.63) is 62.9 Å². The van der Waals surface area contributed by atoms with Crippen molar-refractivity contribution in [3.63, 3.8) is 0 Å². The van der Waals surface area contributed by atoms with Crippen LogP contribution >= 0.6 is 23.2 Å². The normalized spacial score (nSPS) is 21.1. The number of ether oxygens (including phenoxy) is 1. The molecule has 1 heterocycles. The van der Waals surface area contributed by atoms with Crippen LogP contribution in [0, 0.1) is 10.8 Å². The lowest BCUT2D eigenvalue weighted by Gasteiger charge is -2.49. The molecular formula is C29H33Cl2NO5. The van der Waals surface area contributed by atoms with Crippen LogP contribution < -0.4 is 4.74 Å². The number of nitrogens with zero attached hydrogens (tertiary/aromatic N) is 1. The summed E-state index contributed by atoms with van der Waals surface area (Å²) in [7, 11) is 0. The van der Waals surface area contributed by atoms with Crippen molar-refractivity contribution in [2.45, 2.75) is 65.7 Å². The van der Waals surface area contributed by atoms with Crippen molar-refractivity contribution in [2.75, 3.05) is 13.2 Å². The summed E-state index contributed by atoms with van der Waals surface area (Å²) in [6.07, 6.45) is 3.27. The number of allylic oxidation sites excluding steroid dienone is 4. The molecule has 4 rings (SSSR count). The highest BCUT2D eigenvalue weighted by atomic mass is 35.5. The first-order valence-corrected chi connectivity index (χ1v) is 13.2. The second kappa shape index (κ2) is 9.95. The van der Waals surface area contributed by atoms with Gasteiger partial charge in [0.25, 0.3) is 0 Å². The van der Waals surface area contributed by atoms with Crippen molar-refractivity contribution >= 4 is 40.7 Å². The Morgan fingerprint density at radius 3 is 2.08 bits per heavy atom. The highest BCUT2D eigenvalue weighted by Gasteiger charge is 2.49. The molecule has 0 bridgehead atoms. The number of aliphatic carboxylic acids is 1.